The van der Waals surface area contributed by atoms with Crippen molar-refractivity contribution >= 4 is 71.8 Å². The highest BCUT2D eigenvalue weighted by Crippen LogP contribution is 2.33. The molecule has 4 aromatic rings. The monoisotopic (exact) mass is 616 g/mol. The van der Waals surface area contributed by atoms with E-state index < -0.39 is 11.5 Å². The second-order valence-corrected chi connectivity index (χ2v) is 9.46. The van der Waals surface area contributed by atoms with Crippen LogP contribution in [0, 0.1) is 0 Å². The number of halogens is 2. The van der Waals surface area contributed by atoms with Gasteiger partial charge in [0, 0.05) is 9.86 Å². The van der Waals surface area contributed by atoms with Crippen molar-refractivity contribution in [3.8, 4) is 22.6 Å². The number of hydrogen-bond acceptors (Lipinski definition) is 6. The minimum absolute atomic E-state index is 0.0362. The van der Waals surface area contributed by atoms with Crippen LogP contribution < -0.4 is 25.7 Å². The predicted octanol–water partition coefficient (Wildman–Crippen LogP) is 6.13. The summed E-state index contributed by atoms with van der Waals surface area (Å²) in [5.41, 5.74) is 1.76. The van der Waals surface area contributed by atoms with E-state index >= 15 is 0 Å². The number of rotatable bonds is 5. The van der Waals surface area contributed by atoms with Crippen molar-refractivity contribution in [2.75, 3.05) is 19.5 Å². The van der Waals surface area contributed by atoms with Crippen LogP contribution in [0.15, 0.2) is 78.8 Å². The van der Waals surface area contributed by atoms with Crippen molar-refractivity contribution in [3.05, 3.63) is 85.6 Å². The Bertz CT molecular complexity index is 1520. The van der Waals surface area contributed by atoms with Crippen LogP contribution in [0.25, 0.3) is 22.1 Å². The Morgan fingerprint density at radius 3 is 2.51 bits per heavy atom. The van der Waals surface area contributed by atoms with Crippen LogP contribution in [0.4, 0.5) is 5.69 Å². The zero-order chi connectivity index (χ0) is 25.1. The number of para-hydroxylation sites is 1. The zero-order valence-corrected chi connectivity index (χ0v) is 22.5. The third-order valence-electron chi connectivity index (χ3n) is 5.08. The summed E-state index contributed by atoms with van der Waals surface area (Å²) >= 11 is 12.1. The molecule has 0 aliphatic carbocycles. The van der Waals surface area contributed by atoms with E-state index in [2.05, 4.69) is 42.5 Å². The number of methoxy groups -OCH3 is 2. The third kappa shape index (κ3) is 5.39. The molecule has 0 aliphatic heterocycles. The van der Waals surface area contributed by atoms with Gasteiger partial charge in [-0.25, -0.2) is 4.79 Å². The van der Waals surface area contributed by atoms with Crippen LogP contribution in [0.3, 0.4) is 0 Å². The van der Waals surface area contributed by atoms with E-state index in [-0.39, 0.29) is 10.7 Å². The average molecular weight is 618 g/mol. The van der Waals surface area contributed by atoms with E-state index in [4.69, 9.17) is 26.1 Å². The van der Waals surface area contributed by atoms with Crippen LogP contribution in [0.5, 0.6) is 11.5 Å². The van der Waals surface area contributed by atoms with Gasteiger partial charge in [-0.3, -0.25) is 10.1 Å². The van der Waals surface area contributed by atoms with Crippen LogP contribution in [-0.4, -0.2) is 25.2 Å². The van der Waals surface area contributed by atoms with Crippen LogP contribution in [0.2, 0.25) is 0 Å². The molecule has 3 aromatic carbocycles. The summed E-state index contributed by atoms with van der Waals surface area (Å²) in [6.45, 7) is 0. The first kappa shape index (κ1) is 24.9. The maximum Gasteiger partial charge on any atom is 0.344 e. The van der Waals surface area contributed by atoms with Gasteiger partial charge in [-0.15, -0.1) is 0 Å². The molecule has 2 N–H and O–H groups in total. The first-order valence-electron chi connectivity index (χ1n) is 10.2. The molecule has 178 valence electrons. The van der Waals surface area contributed by atoms with Crippen molar-refractivity contribution in [2.24, 2.45) is 0 Å². The largest absolute Gasteiger partial charge is 0.495 e. The molecule has 0 saturated carbocycles. The van der Waals surface area contributed by atoms with Gasteiger partial charge >= 0.3 is 5.63 Å². The second-order valence-electron chi connectivity index (χ2n) is 7.28. The molecule has 0 spiro atoms. The summed E-state index contributed by atoms with van der Waals surface area (Å²) in [6, 6.07) is 17.6. The number of carbonyl (C=O) groups is 1. The molecule has 1 amide bonds. The fraction of sp³-hybridized carbons (Fsp3) is 0.0800. The fourth-order valence-electron chi connectivity index (χ4n) is 3.50. The van der Waals surface area contributed by atoms with E-state index in [1.165, 1.54) is 14.2 Å². The van der Waals surface area contributed by atoms with E-state index in [1.54, 1.807) is 48.5 Å². The van der Waals surface area contributed by atoms with E-state index in [9.17, 15) is 9.59 Å². The molecule has 0 fully saturated rings. The van der Waals surface area contributed by atoms with Crippen molar-refractivity contribution in [2.45, 2.75) is 0 Å². The average Bonchev–Trinajstić information content (AvgIpc) is 2.83. The molecule has 0 saturated heterocycles. The Kier molecular flexibility index (Phi) is 7.54. The lowest BCUT2D eigenvalue weighted by molar-refractivity contribution is 0.0974. The number of hydrogen-bond donors (Lipinski definition) is 2. The Balaban J connectivity index is 1.62. The molecular weight excluding hydrogens is 600 g/mol. The smallest absolute Gasteiger partial charge is 0.344 e. The highest BCUT2D eigenvalue weighted by molar-refractivity contribution is 9.11. The third-order valence-corrected chi connectivity index (χ3v) is 6.34. The van der Waals surface area contributed by atoms with E-state index in [1.807, 2.05) is 12.1 Å². The number of carbonyl (C=O) groups excluding carboxylic acids is 1. The number of amides is 1. The maximum atomic E-state index is 12.9. The first-order chi connectivity index (χ1) is 16.8. The molecule has 0 bridgehead atoms. The molecule has 1 heterocycles. The standard InChI is InChI=1S/C25H18Br2N2O5S/c1-32-21-8-7-13(16-9-14-5-3-4-6-20(14)34-24(16)31)10-19(21)28-25(35)29-23(30)17-11-15(26)12-18(27)22(17)33-2/h3-12H,1-2H3,(H2,28,29,30,35). The number of anilines is 1. The van der Waals surface area contributed by atoms with E-state index in [0.717, 1.165) is 5.39 Å². The Morgan fingerprint density at radius 1 is 1.00 bits per heavy atom. The Morgan fingerprint density at radius 2 is 1.77 bits per heavy atom. The molecule has 10 heteroatoms. The lowest BCUT2D eigenvalue weighted by Gasteiger charge is -2.15. The summed E-state index contributed by atoms with van der Waals surface area (Å²) in [5.74, 6) is 0.376. The Hall–Kier alpha value is -3.21. The highest BCUT2D eigenvalue weighted by atomic mass is 79.9. The van der Waals surface area contributed by atoms with Crippen molar-refractivity contribution < 1.29 is 18.7 Å². The van der Waals surface area contributed by atoms with Gasteiger partial charge in [0.2, 0.25) is 0 Å². The molecular formula is C25H18Br2N2O5S. The summed E-state index contributed by atoms with van der Waals surface area (Å²) < 4.78 is 17.5. The van der Waals surface area contributed by atoms with Gasteiger partial charge < -0.3 is 19.2 Å². The molecule has 0 atom stereocenters. The molecule has 1 aromatic heterocycles. The zero-order valence-electron chi connectivity index (χ0n) is 18.5. The lowest BCUT2D eigenvalue weighted by Crippen LogP contribution is -2.34. The van der Waals surface area contributed by atoms with Crippen molar-refractivity contribution in [1.29, 1.82) is 0 Å². The second kappa shape index (κ2) is 10.6. The number of thiocarbonyl (C=S) groups is 1. The van der Waals surface area contributed by atoms with Crippen molar-refractivity contribution in [3.63, 3.8) is 0 Å². The van der Waals surface area contributed by atoms with Gasteiger partial charge in [0.25, 0.3) is 5.91 Å². The summed E-state index contributed by atoms with van der Waals surface area (Å²) in [5, 5.41) is 6.45. The summed E-state index contributed by atoms with van der Waals surface area (Å²) in [4.78, 5) is 25.5. The minimum Gasteiger partial charge on any atom is -0.495 e. The number of benzene rings is 3. The molecule has 0 unspecified atom stereocenters. The van der Waals surface area contributed by atoms with Crippen LogP contribution in [0.1, 0.15) is 10.4 Å². The fourth-order valence-corrected chi connectivity index (χ4v) is 5.09. The van der Waals surface area contributed by atoms with Crippen molar-refractivity contribution in [1.82, 2.24) is 5.32 Å². The van der Waals surface area contributed by atoms with Gasteiger partial charge in [-0.2, -0.15) is 0 Å². The van der Waals surface area contributed by atoms with Crippen LogP contribution >= 0.6 is 44.1 Å². The van der Waals surface area contributed by atoms with Gasteiger partial charge in [0.05, 0.1) is 35.5 Å². The van der Waals surface area contributed by atoms with Gasteiger partial charge in [0.15, 0.2) is 5.11 Å². The normalized spacial score (nSPS) is 10.6. The molecule has 7 nitrogen and oxygen atoms in total. The maximum absolute atomic E-state index is 12.9. The Labute approximate surface area is 222 Å². The molecule has 0 aliphatic rings. The molecule has 0 radical (unpaired) electrons. The molecule has 4 rings (SSSR count). The summed E-state index contributed by atoms with van der Waals surface area (Å²) in [7, 11) is 2.98. The lowest BCUT2D eigenvalue weighted by atomic mass is 10.0. The minimum atomic E-state index is -0.469. The predicted molar refractivity (Wildman–Crippen MR) is 147 cm³/mol. The highest BCUT2D eigenvalue weighted by Gasteiger charge is 2.18. The van der Waals surface area contributed by atoms with Gasteiger partial charge in [-0.1, -0.05) is 40.2 Å². The number of nitrogens with one attached hydrogen (secondary N) is 2. The van der Waals surface area contributed by atoms with Gasteiger partial charge in [-0.05, 0) is 70.1 Å². The molecule has 35 heavy (non-hydrogen) atoms. The van der Waals surface area contributed by atoms with Gasteiger partial charge in [0.1, 0.15) is 17.1 Å². The number of ether oxygens (including phenoxy) is 2. The summed E-state index contributed by atoms with van der Waals surface area (Å²) in [6.07, 6.45) is 0. The topological polar surface area (TPSA) is 89.8 Å². The van der Waals surface area contributed by atoms with E-state index in [0.29, 0.717) is 42.8 Å². The van der Waals surface area contributed by atoms with Crippen LogP contribution in [-0.2, 0) is 0 Å². The quantitative estimate of drug-likeness (QED) is 0.206. The first-order valence-corrected chi connectivity index (χ1v) is 12.2. The number of fused-ring (bicyclic) bond motifs is 1. The SMILES string of the molecule is COc1ccc(-c2cc3ccccc3oc2=O)cc1NC(=S)NC(=O)c1cc(Br)cc(Br)c1OC.